The predicted molar refractivity (Wildman–Crippen MR) is 95.9 cm³/mol. The smallest absolute Gasteiger partial charge is 0.307 e. The molecule has 0 saturated carbocycles. The molecule has 128 valence electrons. The predicted octanol–water partition coefficient (Wildman–Crippen LogP) is 4.28. The normalized spacial score (nSPS) is 11.0. The van der Waals surface area contributed by atoms with Crippen LogP contribution in [0.25, 0.3) is 10.9 Å². The highest BCUT2D eigenvalue weighted by molar-refractivity contribution is 6.33. The molecule has 7 heteroatoms. The summed E-state index contributed by atoms with van der Waals surface area (Å²) in [5.74, 6) is -1.54. The van der Waals surface area contributed by atoms with Crippen LogP contribution in [0.15, 0.2) is 36.4 Å². The van der Waals surface area contributed by atoms with Crippen molar-refractivity contribution in [3.63, 3.8) is 0 Å². The summed E-state index contributed by atoms with van der Waals surface area (Å²) in [6, 6.07) is 9.23. The molecular weight excluding hydrogens is 365 g/mol. The fraction of sp³-hybridized carbons (Fsp3) is 0.111. The Morgan fingerprint density at radius 3 is 2.36 bits per heavy atom. The highest BCUT2D eigenvalue weighted by Gasteiger charge is 2.22. The van der Waals surface area contributed by atoms with Crippen molar-refractivity contribution in [2.45, 2.75) is 13.3 Å². The van der Waals surface area contributed by atoms with E-state index in [1.807, 2.05) is 0 Å². The molecule has 0 saturated heterocycles. The van der Waals surface area contributed by atoms with Crippen molar-refractivity contribution < 1.29 is 19.8 Å². The van der Waals surface area contributed by atoms with Gasteiger partial charge in [0.1, 0.15) is 5.75 Å². The first-order chi connectivity index (χ1) is 11.8. The number of benzene rings is 2. The van der Waals surface area contributed by atoms with Gasteiger partial charge < -0.3 is 10.2 Å². The largest absolute Gasteiger partial charge is 0.506 e. The minimum Gasteiger partial charge on any atom is -0.506 e. The van der Waals surface area contributed by atoms with Gasteiger partial charge in [-0.1, -0.05) is 23.2 Å². The van der Waals surface area contributed by atoms with Crippen molar-refractivity contribution in [1.82, 2.24) is 4.57 Å². The molecule has 0 bridgehead atoms. The maximum atomic E-state index is 13.0. The lowest BCUT2D eigenvalue weighted by atomic mass is 10.1. The van der Waals surface area contributed by atoms with Crippen LogP contribution in [0.1, 0.15) is 21.6 Å². The van der Waals surface area contributed by atoms with E-state index in [1.165, 1.54) is 16.7 Å². The van der Waals surface area contributed by atoms with Crippen LogP contribution in [0.3, 0.4) is 0 Å². The van der Waals surface area contributed by atoms with Crippen LogP contribution in [0.4, 0.5) is 0 Å². The molecule has 3 rings (SSSR count). The third-order valence-electron chi connectivity index (χ3n) is 4.03. The molecule has 0 unspecified atom stereocenters. The van der Waals surface area contributed by atoms with Gasteiger partial charge in [0.25, 0.3) is 5.91 Å². The number of fused-ring (bicyclic) bond motifs is 1. The number of aromatic nitrogens is 1. The molecule has 1 heterocycles. The molecule has 5 nitrogen and oxygen atoms in total. The molecule has 0 amide bonds. The lowest BCUT2D eigenvalue weighted by Crippen LogP contribution is -2.14. The van der Waals surface area contributed by atoms with Crippen LogP contribution in [-0.2, 0) is 11.2 Å². The van der Waals surface area contributed by atoms with E-state index in [1.54, 1.807) is 31.2 Å². The van der Waals surface area contributed by atoms with Gasteiger partial charge in [-0.05, 0) is 48.9 Å². The highest BCUT2D eigenvalue weighted by atomic mass is 35.5. The van der Waals surface area contributed by atoms with Crippen molar-refractivity contribution >= 4 is 46.0 Å². The van der Waals surface area contributed by atoms with Crippen LogP contribution in [0, 0.1) is 6.92 Å². The van der Waals surface area contributed by atoms with Gasteiger partial charge in [0, 0.05) is 21.7 Å². The Labute approximate surface area is 153 Å². The molecule has 0 aliphatic rings. The molecule has 0 spiro atoms. The summed E-state index contributed by atoms with van der Waals surface area (Å²) in [5.41, 5.74) is 1.78. The first-order valence-corrected chi connectivity index (χ1v) is 8.09. The molecule has 25 heavy (non-hydrogen) atoms. The number of phenols is 1. The molecule has 0 aliphatic heterocycles. The van der Waals surface area contributed by atoms with Crippen molar-refractivity contribution in [3.8, 4) is 5.75 Å². The summed E-state index contributed by atoms with van der Waals surface area (Å²) in [6.07, 6.45) is -0.274. The molecule has 0 fully saturated rings. The van der Waals surface area contributed by atoms with Crippen LogP contribution in [0.2, 0.25) is 10.0 Å². The van der Waals surface area contributed by atoms with Gasteiger partial charge >= 0.3 is 5.97 Å². The van der Waals surface area contributed by atoms with Crippen molar-refractivity contribution in [3.05, 3.63) is 63.3 Å². The fourth-order valence-electron chi connectivity index (χ4n) is 2.85. The minimum absolute atomic E-state index is 0.0806. The van der Waals surface area contributed by atoms with Gasteiger partial charge in [-0.25, -0.2) is 0 Å². The third-order valence-corrected chi connectivity index (χ3v) is 4.58. The average molecular weight is 378 g/mol. The first-order valence-electron chi connectivity index (χ1n) is 7.34. The third kappa shape index (κ3) is 3.08. The van der Waals surface area contributed by atoms with Gasteiger partial charge in [-0.15, -0.1) is 0 Å². The monoisotopic (exact) mass is 377 g/mol. The zero-order valence-corrected chi connectivity index (χ0v) is 14.6. The molecule has 2 aromatic carbocycles. The summed E-state index contributed by atoms with van der Waals surface area (Å²) in [7, 11) is 0. The van der Waals surface area contributed by atoms with Crippen LogP contribution < -0.4 is 0 Å². The molecule has 1 aromatic heterocycles. The van der Waals surface area contributed by atoms with Crippen molar-refractivity contribution in [2.75, 3.05) is 0 Å². The fourth-order valence-corrected chi connectivity index (χ4v) is 3.13. The number of hydrogen-bond donors (Lipinski definition) is 2. The number of aromatic hydroxyl groups is 1. The second-order valence-corrected chi connectivity index (χ2v) is 6.45. The first kappa shape index (κ1) is 17.3. The molecule has 0 atom stereocenters. The number of nitrogens with zero attached hydrogens (tertiary/aromatic N) is 1. The Kier molecular flexibility index (Phi) is 4.45. The van der Waals surface area contributed by atoms with Crippen molar-refractivity contribution in [2.24, 2.45) is 0 Å². The van der Waals surface area contributed by atoms with E-state index < -0.39 is 5.97 Å². The Hall–Kier alpha value is -2.50. The average Bonchev–Trinajstić information content (AvgIpc) is 2.80. The van der Waals surface area contributed by atoms with Crippen LogP contribution >= 0.6 is 23.2 Å². The number of carboxylic acid groups (broad SMARTS) is 1. The number of carboxylic acids is 1. The molecule has 3 aromatic rings. The SMILES string of the molecule is Cc1c(CC(=O)O)c2cc(O)c(Cl)cc2n1C(=O)c1ccc(Cl)cc1. The number of hydrogen-bond acceptors (Lipinski definition) is 3. The summed E-state index contributed by atoms with van der Waals surface area (Å²) in [4.78, 5) is 24.2. The number of halogens is 2. The minimum atomic E-state index is -1.03. The quantitative estimate of drug-likeness (QED) is 0.713. The number of carbonyl (C=O) groups is 2. The zero-order valence-electron chi connectivity index (χ0n) is 13.1. The summed E-state index contributed by atoms with van der Waals surface area (Å²) in [5, 5.41) is 20.1. The molecule has 0 aliphatic carbocycles. The van der Waals surface area contributed by atoms with E-state index in [-0.39, 0.29) is 23.1 Å². The molecule has 0 radical (unpaired) electrons. The van der Waals surface area contributed by atoms with E-state index in [0.717, 1.165) is 0 Å². The Morgan fingerprint density at radius 1 is 1.12 bits per heavy atom. The number of phenolic OH excluding ortho intramolecular Hbond substituents is 1. The van der Waals surface area contributed by atoms with E-state index in [4.69, 9.17) is 23.2 Å². The van der Waals surface area contributed by atoms with Crippen LogP contribution in [0.5, 0.6) is 5.75 Å². The zero-order chi connectivity index (χ0) is 18.3. The van der Waals surface area contributed by atoms with E-state index in [0.29, 0.717) is 32.7 Å². The number of aliphatic carboxylic acids is 1. The lowest BCUT2D eigenvalue weighted by molar-refractivity contribution is -0.136. The topological polar surface area (TPSA) is 79.5 Å². The molecule has 2 N–H and O–H groups in total. The number of rotatable bonds is 3. The van der Waals surface area contributed by atoms with Gasteiger partial charge in [0.2, 0.25) is 0 Å². The van der Waals surface area contributed by atoms with Crippen molar-refractivity contribution in [1.29, 1.82) is 0 Å². The summed E-state index contributed by atoms with van der Waals surface area (Å²) in [6.45, 7) is 1.66. The Balaban J connectivity index is 2.28. The second kappa shape index (κ2) is 6.43. The van der Waals surface area contributed by atoms with Gasteiger partial charge in [-0.3, -0.25) is 14.2 Å². The van der Waals surface area contributed by atoms with Gasteiger partial charge in [-0.2, -0.15) is 0 Å². The Bertz CT molecular complexity index is 1010. The van der Waals surface area contributed by atoms with Gasteiger partial charge in [0.05, 0.1) is 17.0 Å². The summed E-state index contributed by atoms with van der Waals surface area (Å²) >= 11 is 11.8. The molecular formula is C18H13Cl2NO4. The maximum Gasteiger partial charge on any atom is 0.307 e. The number of carbonyl (C=O) groups excluding carboxylic acids is 1. The van der Waals surface area contributed by atoms with E-state index in [9.17, 15) is 19.8 Å². The standard InChI is InChI=1S/C18H13Cl2NO4/c1-9-12(7-17(23)24)13-6-16(22)14(20)8-15(13)21(9)18(25)10-2-4-11(19)5-3-10/h2-6,8,22H,7H2,1H3,(H,23,24). The van der Waals surface area contributed by atoms with Gasteiger partial charge in [0.15, 0.2) is 0 Å². The lowest BCUT2D eigenvalue weighted by Gasteiger charge is -2.08. The van der Waals surface area contributed by atoms with E-state index in [2.05, 4.69) is 0 Å². The van der Waals surface area contributed by atoms with E-state index >= 15 is 0 Å². The second-order valence-electron chi connectivity index (χ2n) is 5.60. The highest BCUT2D eigenvalue weighted by Crippen LogP contribution is 2.35. The maximum absolute atomic E-state index is 13.0. The Morgan fingerprint density at radius 2 is 1.76 bits per heavy atom. The summed E-state index contributed by atoms with van der Waals surface area (Å²) < 4.78 is 1.40. The van der Waals surface area contributed by atoms with Crippen LogP contribution in [-0.4, -0.2) is 26.7 Å².